The van der Waals surface area contributed by atoms with Gasteiger partial charge in [-0.2, -0.15) is 0 Å². The molecule has 0 bridgehead atoms. The summed E-state index contributed by atoms with van der Waals surface area (Å²) in [6, 6.07) is 18.1. The molecule has 0 atom stereocenters. The van der Waals surface area contributed by atoms with Gasteiger partial charge in [-0.25, -0.2) is 0 Å². The number of methoxy groups -OCH3 is 1. The summed E-state index contributed by atoms with van der Waals surface area (Å²) in [5.74, 6) is 0.858. The topological polar surface area (TPSA) is 26.5 Å². The van der Waals surface area contributed by atoms with E-state index in [4.69, 9.17) is 4.74 Å². The summed E-state index contributed by atoms with van der Waals surface area (Å²) in [6.45, 7) is 0. The van der Waals surface area contributed by atoms with Gasteiger partial charge in [-0.1, -0.05) is 12.1 Å². The van der Waals surface area contributed by atoms with Crippen molar-refractivity contribution in [3.8, 4) is 11.4 Å². The van der Waals surface area contributed by atoms with E-state index in [0.29, 0.717) is 0 Å². The molecule has 2 aromatic carbocycles. The van der Waals surface area contributed by atoms with Gasteiger partial charge in [-0.05, 0) is 65.1 Å². The van der Waals surface area contributed by atoms with Gasteiger partial charge < -0.3 is 9.30 Å². The second-order valence-corrected chi connectivity index (χ2v) is 5.92. The van der Waals surface area contributed by atoms with Crippen molar-refractivity contribution in [3.63, 3.8) is 0 Å². The van der Waals surface area contributed by atoms with Crippen molar-refractivity contribution in [1.82, 2.24) is 4.57 Å². The highest BCUT2D eigenvalue weighted by Crippen LogP contribution is 2.20. The van der Waals surface area contributed by atoms with Gasteiger partial charge in [0.15, 0.2) is 0 Å². The predicted molar refractivity (Wildman–Crippen MR) is 98.7 cm³/mol. The molecule has 0 saturated heterocycles. The molecule has 0 radical (unpaired) electrons. The SMILES string of the molecule is COc1ccc(-n2ccc(C=Nc3ccccc3I)c2)cc1. The van der Waals surface area contributed by atoms with Crippen molar-refractivity contribution in [2.45, 2.75) is 0 Å². The normalized spacial score (nSPS) is 11.0. The quantitative estimate of drug-likeness (QED) is 0.453. The Hall–Kier alpha value is -2.08. The van der Waals surface area contributed by atoms with Crippen LogP contribution in [0.2, 0.25) is 0 Å². The summed E-state index contributed by atoms with van der Waals surface area (Å²) in [6.07, 6.45) is 5.97. The molecule has 0 fully saturated rings. The summed E-state index contributed by atoms with van der Waals surface area (Å²) < 4.78 is 8.39. The van der Waals surface area contributed by atoms with Crippen molar-refractivity contribution in [1.29, 1.82) is 0 Å². The van der Waals surface area contributed by atoms with Gasteiger partial charge in [0.2, 0.25) is 0 Å². The lowest BCUT2D eigenvalue weighted by Gasteiger charge is -2.04. The van der Waals surface area contributed by atoms with E-state index in [9.17, 15) is 0 Å². The van der Waals surface area contributed by atoms with E-state index in [1.54, 1.807) is 7.11 Å². The van der Waals surface area contributed by atoms with Gasteiger partial charge in [0.25, 0.3) is 0 Å². The van der Waals surface area contributed by atoms with Crippen LogP contribution in [0, 0.1) is 3.57 Å². The maximum absolute atomic E-state index is 5.18. The zero-order valence-electron chi connectivity index (χ0n) is 12.1. The average molecular weight is 402 g/mol. The molecule has 0 spiro atoms. The fourth-order valence-electron chi connectivity index (χ4n) is 2.10. The number of para-hydroxylation sites is 1. The number of hydrogen-bond donors (Lipinski definition) is 0. The van der Waals surface area contributed by atoms with Crippen LogP contribution in [0.3, 0.4) is 0 Å². The van der Waals surface area contributed by atoms with Crippen LogP contribution < -0.4 is 4.74 Å². The third-order valence-corrected chi connectivity index (χ3v) is 4.20. The molecular formula is C18H15IN2O. The summed E-state index contributed by atoms with van der Waals surface area (Å²) in [7, 11) is 1.67. The molecule has 110 valence electrons. The molecule has 0 unspecified atom stereocenters. The highest BCUT2D eigenvalue weighted by molar-refractivity contribution is 14.1. The minimum Gasteiger partial charge on any atom is -0.497 e. The van der Waals surface area contributed by atoms with E-state index in [0.717, 1.165) is 26.3 Å². The maximum atomic E-state index is 5.18. The van der Waals surface area contributed by atoms with E-state index in [-0.39, 0.29) is 0 Å². The highest BCUT2D eigenvalue weighted by atomic mass is 127. The Morgan fingerprint density at radius 1 is 1.05 bits per heavy atom. The van der Waals surface area contributed by atoms with Gasteiger partial charge in [0.1, 0.15) is 5.75 Å². The van der Waals surface area contributed by atoms with Crippen LogP contribution in [0.1, 0.15) is 5.56 Å². The standard InChI is InChI=1S/C18H15IN2O/c1-22-16-8-6-15(7-9-16)21-11-10-14(13-21)12-20-18-5-3-2-4-17(18)19/h2-13H,1H3. The third kappa shape index (κ3) is 3.39. The second-order valence-electron chi connectivity index (χ2n) is 4.76. The zero-order chi connectivity index (χ0) is 15.4. The van der Waals surface area contributed by atoms with Crippen LogP contribution in [0.25, 0.3) is 5.69 Å². The van der Waals surface area contributed by atoms with E-state index < -0.39 is 0 Å². The van der Waals surface area contributed by atoms with Gasteiger partial charge in [0, 0.05) is 33.4 Å². The highest BCUT2D eigenvalue weighted by Gasteiger charge is 1.99. The van der Waals surface area contributed by atoms with Crippen molar-refractivity contribution in [2.24, 2.45) is 4.99 Å². The molecule has 3 aromatic rings. The summed E-state index contributed by atoms with van der Waals surface area (Å²) in [5, 5.41) is 0. The monoisotopic (exact) mass is 402 g/mol. The van der Waals surface area contributed by atoms with Crippen LogP contribution in [-0.2, 0) is 0 Å². The number of aromatic nitrogens is 1. The lowest BCUT2D eigenvalue weighted by molar-refractivity contribution is 0.415. The lowest BCUT2D eigenvalue weighted by atomic mass is 10.3. The minimum atomic E-state index is 0.858. The van der Waals surface area contributed by atoms with E-state index in [1.807, 2.05) is 60.9 Å². The maximum Gasteiger partial charge on any atom is 0.119 e. The van der Waals surface area contributed by atoms with Crippen LogP contribution in [0.4, 0.5) is 5.69 Å². The molecule has 3 nitrogen and oxygen atoms in total. The molecular weight excluding hydrogens is 387 g/mol. The number of benzene rings is 2. The first kappa shape index (κ1) is 14.8. The summed E-state index contributed by atoms with van der Waals surface area (Å²) in [4.78, 5) is 4.54. The van der Waals surface area contributed by atoms with E-state index >= 15 is 0 Å². The van der Waals surface area contributed by atoms with Crippen LogP contribution in [-0.4, -0.2) is 17.9 Å². The van der Waals surface area contributed by atoms with Crippen LogP contribution in [0.5, 0.6) is 5.75 Å². The van der Waals surface area contributed by atoms with Gasteiger partial charge >= 0.3 is 0 Å². The fourth-order valence-corrected chi connectivity index (χ4v) is 2.63. The number of aliphatic imine (C=N–C) groups is 1. The first-order chi connectivity index (χ1) is 10.8. The van der Waals surface area contributed by atoms with Crippen LogP contribution in [0.15, 0.2) is 72.0 Å². The third-order valence-electron chi connectivity index (χ3n) is 3.29. The molecule has 0 saturated carbocycles. The lowest BCUT2D eigenvalue weighted by Crippen LogP contribution is -1.90. The molecule has 1 aromatic heterocycles. The van der Waals surface area contributed by atoms with E-state index in [1.165, 1.54) is 0 Å². The van der Waals surface area contributed by atoms with Gasteiger partial charge in [0.05, 0.1) is 12.8 Å². The number of halogens is 1. The molecule has 0 aliphatic rings. The predicted octanol–water partition coefficient (Wildman–Crippen LogP) is 4.84. The van der Waals surface area contributed by atoms with Crippen molar-refractivity contribution in [3.05, 3.63) is 76.1 Å². The van der Waals surface area contributed by atoms with Crippen LogP contribution >= 0.6 is 22.6 Å². The second kappa shape index (κ2) is 6.79. The Kier molecular flexibility index (Phi) is 4.58. The number of rotatable bonds is 4. The van der Waals surface area contributed by atoms with Crippen molar-refractivity contribution < 1.29 is 4.74 Å². The molecule has 4 heteroatoms. The van der Waals surface area contributed by atoms with E-state index in [2.05, 4.69) is 44.4 Å². The number of ether oxygens (including phenoxy) is 1. The Balaban J connectivity index is 1.80. The zero-order valence-corrected chi connectivity index (χ0v) is 14.3. The Bertz CT molecular complexity index is 791. The number of hydrogen-bond acceptors (Lipinski definition) is 2. The summed E-state index contributed by atoms with van der Waals surface area (Å²) >= 11 is 2.29. The molecule has 0 amide bonds. The van der Waals surface area contributed by atoms with Crippen molar-refractivity contribution >= 4 is 34.5 Å². The average Bonchev–Trinajstić information content (AvgIpc) is 3.03. The minimum absolute atomic E-state index is 0.858. The first-order valence-electron chi connectivity index (χ1n) is 6.87. The van der Waals surface area contributed by atoms with Gasteiger partial charge in [-0.3, -0.25) is 4.99 Å². The Labute approximate surface area is 143 Å². The molecule has 0 aliphatic carbocycles. The Morgan fingerprint density at radius 3 is 2.55 bits per heavy atom. The van der Waals surface area contributed by atoms with Gasteiger partial charge in [-0.15, -0.1) is 0 Å². The van der Waals surface area contributed by atoms with Crippen molar-refractivity contribution in [2.75, 3.05) is 7.11 Å². The first-order valence-corrected chi connectivity index (χ1v) is 7.95. The molecule has 0 N–H and O–H groups in total. The molecule has 0 aliphatic heterocycles. The molecule has 1 heterocycles. The Morgan fingerprint density at radius 2 is 1.82 bits per heavy atom. The molecule has 3 rings (SSSR count). The number of nitrogens with zero attached hydrogens (tertiary/aromatic N) is 2. The largest absolute Gasteiger partial charge is 0.497 e. The smallest absolute Gasteiger partial charge is 0.119 e. The fraction of sp³-hybridized carbons (Fsp3) is 0.0556. The summed E-state index contributed by atoms with van der Waals surface area (Å²) in [5.41, 5.74) is 3.14. The molecule has 22 heavy (non-hydrogen) atoms.